The van der Waals surface area contributed by atoms with Gasteiger partial charge in [-0.3, -0.25) is 0 Å². The normalized spacial score (nSPS) is 17.8. The molecule has 0 heterocycles. The highest BCUT2D eigenvalue weighted by Crippen LogP contribution is 2.51. The number of methoxy groups -OCH3 is 2. The molecule has 0 radical (unpaired) electrons. The van der Waals surface area contributed by atoms with Crippen LogP contribution in [0.15, 0.2) is 52.5 Å². The van der Waals surface area contributed by atoms with Crippen molar-refractivity contribution in [3.8, 4) is 0 Å². The van der Waals surface area contributed by atoms with Gasteiger partial charge < -0.3 is 9.47 Å². The van der Waals surface area contributed by atoms with Crippen LogP contribution in [-0.2, 0) is 24.9 Å². The third kappa shape index (κ3) is 4.08. The van der Waals surface area contributed by atoms with Gasteiger partial charge in [0.2, 0.25) is 0 Å². The molecule has 1 saturated carbocycles. The van der Waals surface area contributed by atoms with E-state index in [1.165, 1.54) is 0 Å². The second-order valence-electron chi connectivity index (χ2n) is 7.78. The lowest BCUT2D eigenvalue weighted by Gasteiger charge is -2.52. The molecular formula is C22H28N2O4S. The maximum atomic E-state index is 12.9. The van der Waals surface area contributed by atoms with E-state index in [9.17, 15) is 8.42 Å². The molecular weight excluding hydrogens is 388 g/mol. The summed E-state index contributed by atoms with van der Waals surface area (Å²) in [4.78, 5) is 2.66. The molecule has 3 rings (SSSR count). The molecule has 1 fully saturated rings. The summed E-state index contributed by atoms with van der Waals surface area (Å²) in [6.07, 6.45) is 2.75. The predicted molar refractivity (Wildman–Crippen MR) is 114 cm³/mol. The van der Waals surface area contributed by atoms with Gasteiger partial charge in [0.15, 0.2) is 5.79 Å². The molecule has 0 bridgehead atoms. The van der Waals surface area contributed by atoms with Gasteiger partial charge in [-0.05, 0) is 37.5 Å². The van der Waals surface area contributed by atoms with Crippen molar-refractivity contribution in [2.45, 2.75) is 49.7 Å². The second-order valence-corrected chi connectivity index (χ2v) is 9.37. The van der Waals surface area contributed by atoms with Crippen molar-refractivity contribution in [3.63, 3.8) is 0 Å². The van der Waals surface area contributed by atoms with Crippen LogP contribution in [-0.4, -0.2) is 34.6 Å². The molecule has 0 saturated heterocycles. The topological polar surface area (TPSA) is 77.0 Å². The van der Waals surface area contributed by atoms with Crippen LogP contribution < -0.4 is 4.83 Å². The molecule has 2 aromatic carbocycles. The van der Waals surface area contributed by atoms with Crippen LogP contribution in [0.4, 0.5) is 0 Å². The fourth-order valence-electron chi connectivity index (χ4n) is 4.28. The lowest BCUT2D eigenvalue weighted by Crippen LogP contribution is -2.58. The highest BCUT2D eigenvalue weighted by atomic mass is 32.2. The zero-order chi connectivity index (χ0) is 21.3. The zero-order valence-electron chi connectivity index (χ0n) is 17.5. The number of hydrogen-bond donors (Lipinski definition) is 1. The zero-order valence-corrected chi connectivity index (χ0v) is 18.3. The van der Waals surface area contributed by atoms with Crippen molar-refractivity contribution in [2.75, 3.05) is 14.2 Å². The lowest BCUT2D eigenvalue weighted by atomic mass is 9.61. The first-order valence-corrected chi connectivity index (χ1v) is 10.9. The standard InChI is InChI=1S/C22H28N2O4S/c1-16-11-17(2)20(18(3)12-16)29(25,26)24-23-15-21(19-9-7-6-8-10-19)13-22(14-21,27-4)28-5/h6-12,15,24H,13-14H2,1-5H3/b23-15-. The maximum Gasteiger partial charge on any atom is 0.277 e. The van der Waals surface area contributed by atoms with Crippen molar-refractivity contribution in [1.82, 2.24) is 4.83 Å². The van der Waals surface area contributed by atoms with Crippen molar-refractivity contribution >= 4 is 16.2 Å². The summed E-state index contributed by atoms with van der Waals surface area (Å²) in [7, 11) is -0.553. The minimum Gasteiger partial charge on any atom is -0.353 e. The molecule has 2 aromatic rings. The van der Waals surface area contributed by atoms with E-state index in [2.05, 4.69) is 9.93 Å². The summed E-state index contributed by atoms with van der Waals surface area (Å²) < 4.78 is 36.8. The van der Waals surface area contributed by atoms with E-state index in [-0.39, 0.29) is 4.90 Å². The number of aryl methyl sites for hydroxylation is 3. The van der Waals surface area contributed by atoms with Crippen LogP contribution in [0.25, 0.3) is 0 Å². The molecule has 6 nitrogen and oxygen atoms in total. The molecule has 1 N–H and O–H groups in total. The second kappa shape index (κ2) is 7.89. The van der Waals surface area contributed by atoms with Gasteiger partial charge in [0.25, 0.3) is 10.0 Å². The monoisotopic (exact) mass is 416 g/mol. The Balaban J connectivity index is 1.88. The Bertz CT molecular complexity index is 981. The molecule has 1 aliphatic rings. The fourth-order valence-corrected chi connectivity index (χ4v) is 5.53. The SMILES string of the molecule is COC1(OC)CC(/C=N\NS(=O)(=O)c2c(C)cc(C)cc2C)(c2ccccc2)C1. The summed E-state index contributed by atoms with van der Waals surface area (Å²) in [5, 5.41) is 4.15. The van der Waals surface area contributed by atoms with Gasteiger partial charge in [-0.1, -0.05) is 48.0 Å². The summed E-state index contributed by atoms with van der Waals surface area (Å²) in [6.45, 7) is 5.53. The molecule has 0 unspecified atom stereocenters. The molecule has 0 amide bonds. The molecule has 0 atom stereocenters. The summed E-state index contributed by atoms with van der Waals surface area (Å²) >= 11 is 0. The summed E-state index contributed by atoms with van der Waals surface area (Å²) in [6, 6.07) is 13.6. The van der Waals surface area contributed by atoms with E-state index in [1.807, 2.05) is 49.4 Å². The predicted octanol–water partition coefficient (Wildman–Crippen LogP) is 3.60. The third-order valence-electron chi connectivity index (χ3n) is 5.62. The summed E-state index contributed by atoms with van der Waals surface area (Å²) in [5.41, 5.74) is 2.99. The Morgan fingerprint density at radius 1 is 1.00 bits per heavy atom. The largest absolute Gasteiger partial charge is 0.353 e. The van der Waals surface area contributed by atoms with Crippen LogP contribution in [0, 0.1) is 20.8 Å². The average Bonchev–Trinajstić information content (AvgIpc) is 2.63. The van der Waals surface area contributed by atoms with Gasteiger partial charge in [-0.15, -0.1) is 0 Å². The number of rotatable bonds is 7. The van der Waals surface area contributed by atoms with Gasteiger partial charge in [0.1, 0.15) is 0 Å². The van der Waals surface area contributed by atoms with E-state index < -0.39 is 21.2 Å². The number of nitrogens with zero attached hydrogens (tertiary/aromatic N) is 1. The molecule has 0 aliphatic heterocycles. The molecule has 29 heavy (non-hydrogen) atoms. The van der Waals surface area contributed by atoms with E-state index >= 15 is 0 Å². The Hall–Kier alpha value is -2.22. The number of hydrazone groups is 1. The van der Waals surface area contributed by atoms with Crippen LogP contribution in [0.5, 0.6) is 0 Å². The Labute approximate surface area is 173 Å². The Morgan fingerprint density at radius 3 is 2.07 bits per heavy atom. The summed E-state index contributed by atoms with van der Waals surface area (Å²) in [5.74, 6) is -0.690. The van der Waals surface area contributed by atoms with Gasteiger partial charge in [-0.25, -0.2) is 4.83 Å². The van der Waals surface area contributed by atoms with E-state index in [4.69, 9.17) is 9.47 Å². The number of ether oxygens (including phenoxy) is 2. The van der Waals surface area contributed by atoms with Crippen molar-refractivity contribution < 1.29 is 17.9 Å². The average molecular weight is 417 g/mol. The maximum absolute atomic E-state index is 12.9. The quantitative estimate of drug-likeness (QED) is 0.425. The number of nitrogens with one attached hydrogen (secondary N) is 1. The molecule has 0 spiro atoms. The molecule has 1 aliphatic carbocycles. The van der Waals surface area contributed by atoms with Gasteiger partial charge in [0.05, 0.1) is 4.90 Å². The van der Waals surface area contributed by atoms with Gasteiger partial charge >= 0.3 is 0 Å². The van der Waals surface area contributed by atoms with Crippen molar-refractivity contribution in [2.24, 2.45) is 5.10 Å². The van der Waals surface area contributed by atoms with Gasteiger partial charge in [0, 0.05) is 38.7 Å². The van der Waals surface area contributed by atoms with Gasteiger partial charge in [-0.2, -0.15) is 13.5 Å². The van der Waals surface area contributed by atoms with E-state index in [1.54, 1.807) is 34.3 Å². The Morgan fingerprint density at radius 2 is 1.55 bits per heavy atom. The minimum absolute atomic E-state index is 0.269. The van der Waals surface area contributed by atoms with E-state index in [0.717, 1.165) is 11.1 Å². The first-order valence-electron chi connectivity index (χ1n) is 9.47. The van der Waals surface area contributed by atoms with E-state index in [0.29, 0.717) is 24.0 Å². The molecule has 7 heteroatoms. The van der Waals surface area contributed by atoms with Crippen molar-refractivity contribution in [1.29, 1.82) is 0 Å². The first-order chi connectivity index (χ1) is 13.7. The lowest BCUT2D eigenvalue weighted by molar-refractivity contribution is -0.266. The Kier molecular flexibility index (Phi) is 5.85. The van der Waals surface area contributed by atoms with Crippen LogP contribution >= 0.6 is 0 Å². The third-order valence-corrected chi connectivity index (χ3v) is 7.15. The highest BCUT2D eigenvalue weighted by molar-refractivity contribution is 7.89. The smallest absolute Gasteiger partial charge is 0.277 e. The fraction of sp³-hybridized carbons (Fsp3) is 0.409. The number of hydrogen-bond acceptors (Lipinski definition) is 5. The van der Waals surface area contributed by atoms with Crippen LogP contribution in [0.1, 0.15) is 35.1 Å². The minimum atomic E-state index is -3.78. The first kappa shape index (κ1) is 21.5. The molecule has 0 aromatic heterocycles. The highest BCUT2D eigenvalue weighted by Gasteiger charge is 2.56. The van der Waals surface area contributed by atoms with Crippen LogP contribution in [0.2, 0.25) is 0 Å². The molecule has 156 valence electrons. The number of benzene rings is 2. The van der Waals surface area contributed by atoms with Crippen LogP contribution in [0.3, 0.4) is 0 Å². The number of sulfonamides is 1. The van der Waals surface area contributed by atoms with Crippen molar-refractivity contribution in [3.05, 3.63) is 64.7 Å².